The molecule has 0 atom stereocenters. The SMILES string of the molecule is O=C(Cn1c(CO)cnc1SCc1cccc(F)c1)NCc1ccc(F)cc1. The minimum Gasteiger partial charge on any atom is -0.390 e. The molecule has 5 nitrogen and oxygen atoms in total. The van der Waals surface area contributed by atoms with Crippen LogP contribution in [0.2, 0.25) is 0 Å². The number of hydrogen-bond donors (Lipinski definition) is 2. The molecule has 146 valence electrons. The molecule has 0 bridgehead atoms. The van der Waals surface area contributed by atoms with Crippen LogP contribution in [0.3, 0.4) is 0 Å². The molecule has 1 aromatic heterocycles. The summed E-state index contributed by atoms with van der Waals surface area (Å²) in [7, 11) is 0. The second-order valence-corrected chi connectivity index (χ2v) is 7.04. The Morgan fingerprint density at radius 2 is 1.89 bits per heavy atom. The van der Waals surface area contributed by atoms with Gasteiger partial charge >= 0.3 is 0 Å². The molecule has 0 saturated heterocycles. The summed E-state index contributed by atoms with van der Waals surface area (Å²) in [6, 6.07) is 12.2. The van der Waals surface area contributed by atoms with E-state index in [4.69, 9.17) is 0 Å². The van der Waals surface area contributed by atoms with Gasteiger partial charge in [0.1, 0.15) is 18.2 Å². The molecule has 0 radical (unpaired) electrons. The van der Waals surface area contributed by atoms with Crippen molar-refractivity contribution in [3.63, 3.8) is 0 Å². The first-order chi connectivity index (χ1) is 13.5. The number of benzene rings is 2. The van der Waals surface area contributed by atoms with Crippen LogP contribution in [-0.4, -0.2) is 20.6 Å². The largest absolute Gasteiger partial charge is 0.390 e. The lowest BCUT2D eigenvalue weighted by molar-refractivity contribution is -0.122. The Morgan fingerprint density at radius 3 is 2.61 bits per heavy atom. The van der Waals surface area contributed by atoms with Crippen molar-refractivity contribution in [1.82, 2.24) is 14.9 Å². The van der Waals surface area contributed by atoms with Crippen LogP contribution in [0.4, 0.5) is 8.78 Å². The van der Waals surface area contributed by atoms with Crippen molar-refractivity contribution in [1.29, 1.82) is 0 Å². The predicted molar refractivity (Wildman–Crippen MR) is 102 cm³/mol. The number of carbonyl (C=O) groups excluding carboxylic acids is 1. The predicted octanol–water partition coefficient (Wildman–Crippen LogP) is 3.26. The fourth-order valence-electron chi connectivity index (χ4n) is 2.58. The number of halogens is 2. The Hall–Kier alpha value is -2.71. The lowest BCUT2D eigenvalue weighted by Crippen LogP contribution is -2.28. The molecule has 2 N–H and O–H groups in total. The van der Waals surface area contributed by atoms with Gasteiger partial charge in [0.25, 0.3) is 0 Å². The first kappa shape index (κ1) is 20.0. The molecule has 0 fully saturated rings. The van der Waals surface area contributed by atoms with E-state index in [1.54, 1.807) is 22.8 Å². The van der Waals surface area contributed by atoms with E-state index in [9.17, 15) is 18.7 Å². The Balaban J connectivity index is 1.62. The maximum atomic E-state index is 13.3. The van der Waals surface area contributed by atoms with Crippen LogP contribution in [0.15, 0.2) is 59.9 Å². The van der Waals surface area contributed by atoms with Crippen molar-refractivity contribution < 1.29 is 18.7 Å². The number of hydrogen-bond acceptors (Lipinski definition) is 4. The van der Waals surface area contributed by atoms with Crippen molar-refractivity contribution in [2.75, 3.05) is 0 Å². The number of thioether (sulfide) groups is 1. The maximum absolute atomic E-state index is 13.3. The quantitative estimate of drug-likeness (QED) is 0.567. The van der Waals surface area contributed by atoms with E-state index >= 15 is 0 Å². The second-order valence-electron chi connectivity index (χ2n) is 6.10. The Morgan fingerprint density at radius 1 is 1.11 bits per heavy atom. The number of nitrogens with one attached hydrogen (secondary N) is 1. The van der Waals surface area contributed by atoms with Gasteiger partial charge in [-0.05, 0) is 35.4 Å². The van der Waals surface area contributed by atoms with Crippen molar-refractivity contribution in [3.05, 3.63) is 83.2 Å². The molecule has 8 heteroatoms. The molecule has 0 aliphatic rings. The number of aliphatic hydroxyl groups is 1. The van der Waals surface area contributed by atoms with Gasteiger partial charge in [-0.25, -0.2) is 13.8 Å². The summed E-state index contributed by atoms with van der Waals surface area (Å²) < 4.78 is 27.9. The molecule has 2 aromatic carbocycles. The lowest BCUT2D eigenvalue weighted by Gasteiger charge is -2.11. The lowest BCUT2D eigenvalue weighted by atomic mass is 10.2. The number of imidazole rings is 1. The van der Waals surface area contributed by atoms with Crippen molar-refractivity contribution in [2.24, 2.45) is 0 Å². The third-order valence-electron chi connectivity index (χ3n) is 4.03. The topological polar surface area (TPSA) is 67.2 Å². The summed E-state index contributed by atoms with van der Waals surface area (Å²) in [5.41, 5.74) is 2.09. The highest BCUT2D eigenvalue weighted by atomic mass is 32.2. The summed E-state index contributed by atoms with van der Waals surface area (Å²) in [5, 5.41) is 12.8. The van der Waals surface area contributed by atoms with Crippen LogP contribution in [0.25, 0.3) is 0 Å². The second kappa shape index (κ2) is 9.48. The van der Waals surface area contributed by atoms with Crippen molar-refractivity contribution in [3.8, 4) is 0 Å². The highest BCUT2D eigenvalue weighted by molar-refractivity contribution is 7.98. The summed E-state index contributed by atoms with van der Waals surface area (Å²) in [6.45, 7) is 0.00930. The number of aromatic nitrogens is 2. The van der Waals surface area contributed by atoms with E-state index in [0.29, 0.717) is 16.6 Å². The third-order valence-corrected chi connectivity index (χ3v) is 5.09. The van der Waals surface area contributed by atoms with Gasteiger partial charge in [-0.15, -0.1) is 0 Å². The van der Waals surface area contributed by atoms with E-state index in [1.807, 2.05) is 6.07 Å². The molecule has 1 heterocycles. The molecule has 0 saturated carbocycles. The van der Waals surface area contributed by atoms with Crippen LogP contribution in [0.5, 0.6) is 0 Å². The number of amides is 1. The minimum absolute atomic E-state index is 0.0113. The third kappa shape index (κ3) is 5.40. The molecular weight excluding hydrogens is 384 g/mol. The number of carbonyl (C=O) groups is 1. The molecule has 0 aliphatic heterocycles. The van der Waals surface area contributed by atoms with Gasteiger partial charge in [0.15, 0.2) is 5.16 Å². The maximum Gasteiger partial charge on any atom is 0.240 e. The zero-order chi connectivity index (χ0) is 19.9. The molecule has 0 spiro atoms. The summed E-state index contributed by atoms with van der Waals surface area (Å²) in [4.78, 5) is 16.6. The van der Waals surface area contributed by atoms with E-state index in [0.717, 1.165) is 11.1 Å². The van der Waals surface area contributed by atoms with Gasteiger partial charge < -0.3 is 15.0 Å². The number of rotatable bonds is 8. The first-order valence-electron chi connectivity index (χ1n) is 8.59. The molecule has 0 unspecified atom stereocenters. The number of aliphatic hydroxyl groups excluding tert-OH is 1. The average Bonchev–Trinajstić information content (AvgIpc) is 3.07. The van der Waals surface area contributed by atoms with Crippen LogP contribution in [-0.2, 0) is 30.2 Å². The van der Waals surface area contributed by atoms with E-state index in [2.05, 4.69) is 10.3 Å². The fraction of sp³-hybridized carbons (Fsp3) is 0.200. The Bertz CT molecular complexity index is 945. The average molecular weight is 403 g/mol. The molecule has 0 aliphatic carbocycles. The molecular formula is C20H19F2N3O2S. The Labute approximate surface area is 165 Å². The summed E-state index contributed by atoms with van der Waals surface area (Å²) >= 11 is 1.36. The number of nitrogens with zero attached hydrogens (tertiary/aromatic N) is 2. The molecule has 3 aromatic rings. The molecule has 3 rings (SSSR count). The van der Waals surface area contributed by atoms with Crippen LogP contribution >= 0.6 is 11.8 Å². The van der Waals surface area contributed by atoms with E-state index in [1.165, 1.54) is 42.2 Å². The van der Waals surface area contributed by atoms with Gasteiger partial charge in [0, 0.05) is 12.3 Å². The van der Waals surface area contributed by atoms with Crippen LogP contribution in [0.1, 0.15) is 16.8 Å². The van der Waals surface area contributed by atoms with E-state index in [-0.39, 0.29) is 37.2 Å². The summed E-state index contributed by atoms with van der Waals surface area (Å²) in [6.07, 6.45) is 1.52. The fourth-order valence-corrected chi connectivity index (χ4v) is 3.52. The normalized spacial score (nSPS) is 10.8. The van der Waals surface area contributed by atoms with Gasteiger partial charge in [-0.3, -0.25) is 4.79 Å². The standard InChI is InChI=1S/C20H19F2N3O2S/c21-16-6-4-14(5-7-16)9-23-19(27)11-25-18(12-26)10-24-20(25)28-13-15-2-1-3-17(22)8-15/h1-8,10,26H,9,11-13H2,(H,23,27). The monoisotopic (exact) mass is 403 g/mol. The van der Waals surface area contributed by atoms with Gasteiger partial charge in [-0.1, -0.05) is 36.0 Å². The molecule has 1 amide bonds. The van der Waals surface area contributed by atoms with Crippen molar-refractivity contribution in [2.45, 2.75) is 30.6 Å². The van der Waals surface area contributed by atoms with Gasteiger partial charge in [0.05, 0.1) is 18.5 Å². The first-order valence-corrected chi connectivity index (χ1v) is 9.57. The summed E-state index contributed by atoms with van der Waals surface area (Å²) in [5.74, 6) is -0.417. The smallest absolute Gasteiger partial charge is 0.240 e. The zero-order valence-electron chi connectivity index (χ0n) is 14.9. The minimum atomic E-state index is -0.332. The highest BCUT2D eigenvalue weighted by Gasteiger charge is 2.14. The van der Waals surface area contributed by atoms with Gasteiger partial charge in [-0.2, -0.15) is 0 Å². The van der Waals surface area contributed by atoms with Gasteiger partial charge in [0.2, 0.25) is 5.91 Å². The van der Waals surface area contributed by atoms with Crippen LogP contribution < -0.4 is 5.32 Å². The molecule has 28 heavy (non-hydrogen) atoms. The van der Waals surface area contributed by atoms with Crippen LogP contribution in [0, 0.1) is 11.6 Å². The highest BCUT2D eigenvalue weighted by Crippen LogP contribution is 2.23. The Kier molecular flexibility index (Phi) is 6.78. The zero-order valence-corrected chi connectivity index (χ0v) is 15.8. The van der Waals surface area contributed by atoms with Crippen molar-refractivity contribution >= 4 is 17.7 Å². The van der Waals surface area contributed by atoms with E-state index < -0.39 is 0 Å².